The van der Waals surface area contributed by atoms with Crippen molar-refractivity contribution in [2.24, 2.45) is 0 Å². The van der Waals surface area contributed by atoms with E-state index in [4.69, 9.17) is 19.2 Å². The van der Waals surface area contributed by atoms with Crippen LogP contribution in [0.4, 0.5) is 4.39 Å². The highest BCUT2D eigenvalue weighted by Crippen LogP contribution is 2.33. The molecule has 0 fully saturated rings. The van der Waals surface area contributed by atoms with E-state index in [0.29, 0.717) is 34.3 Å². The lowest BCUT2D eigenvalue weighted by molar-refractivity contribution is 0.355. The number of halogens is 1. The van der Waals surface area contributed by atoms with Crippen molar-refractivity contribution in [3.63, 3.8) is 0 Å². The average molecular weight is 379 g/mol. The van der Waals surface area contributed by atoms with E-state index >= 15 is 0 Å². The average Bonchev–Trinajstić information content (AvgIpc) is 3.15. The molecule has 0 aliphatic rings. The molecular weight excluding hydrogens is 361 g/mol. The summed E-state index contributed by atoms with van der Waals surface area (Å²) < 4.78 is 31.4. The number of methoxy groups -OCH3 is 3. The molecule has 4 rings (SSSR count). The topological polar surface area (TPSA) is 58.4 Å². The number of hydrogen-bond acceptors (Lipinski definition) is 5. The molecule has 0 radical (unpaired) electrons. The Morgan fingerprint density at radius 3 is 2.36 bits per heavy atom. The van der Waals surface area contributed by atoms with Crippen molar-refractivity contribution in [2.75, 3.05) is 21.3 Å². The highest BCUT2D eigenvalue weighted by atomic mass is 19.1. The molecule has 142 valence electrons. The van der Waals surface area contributed by atoms with Crippen LogP contribution in [-0.2, 0) is 0 Å². The minimum absolute atomic E-state index is 0.363. The Morgan fingerprint density at radius 1 is 0.857 bits per heavy atom. The third-order valence-corrected chi connectivity index (χ3v) is 4.47. The molecule has 2 aromatic carbocycles. The van der Waals surface area contributed by atoms with Crippen LogP contribution >= 0.6 is 0 Å². The fraction of sp³-hybridized carbons (Fsp3) is 0.143. The van der Waals surface area contributed by atoms with Crippen LogP contribution in [0.1, 0.15) is 0 Å². The van der Waals surface area contributed by atoms with E-state index in [1.165, 1.54) is 19.2 Å². The summed E-state index contributed by atoms with van der Waals surface area (Å²) in [5.74, 6) is 1.94. The standard InChI is InChI=1S/C21H18FN3O3/c1-26-18-9-13(22)7-8-14(18)15-5-4-6-21(24-15)25-12-23-16-10-19(27-2)20(28-3)11-17(16)25/h4-12H,1-3H3. The number of fused-ring (bicyclic) bond motifs is 1. The number of nitrogens with zero attached hydrogens (tertiary/aromatic N) is 3. The zero-order chi connectivity index (χ0) is 19.7. The van der Waals surface area contributed by atoms with Crippen molar-refractivity contribution in [3.05, 3.63) is 60.7 Å². The predicted molar refractivity (Wildman–Crippen MR) is 104 cm³/mol. The van der Waals surface area contributed by atoms with Gasteiger partial charge >= 0.3 is 0 Å². The summed E-state index contributed by atoms with van der Waals surface area (Å²) in [5, 5.41) is 0. The second kappa shape index (κ2) is 7.19. The van der Waals surface area contributed by atoms with Crippen LogP contribution in [0.3, 0.4) is 0 Å². The maximum Gasteiger partial charge on any atom is 0.163 e. The van der Waals surface area contributed by atoms with E-state index in [0.717, 1.165) is 11.0 Å². The van der Waals surface area contributed by atoms with Crippen molar-refractivity contribution in [3.8, 4) is 34.3 Å². The smallest absolute Gasteiger partial charge is 0.163 e. The van der Waals surface area contributed by atoms with Crippen LogP contribution in [0.15, 0.2) is 54.9 Å². The zero-order valence-electron chi connectivity index (χ0n) is 15.6. The van der Waals surface area contributed by atoms with Gasteiger partial charge in [-0.05, 0) is 24.3 Å². The predicted octanol–water partition coefficient (Wildman–Crippen LogP) is 4.25. The number of benzene rings is 2. The van der Waals surface area contributed by atoms with Gasteiger partial charge in [0.15, 0.2) is 11.5 Å². The summed E-state index contributed by atoms with van der Waals surface area (Å²) in [7, 11) is 4.68. The Hall–Kier alpha value is -3.61. The summed E-state index contributed by atoms with van der Waals surface area (Å²) >= 11 is 0. The normalized spacial score (nSPS) is 10.9. The first kappa shape index (κ1) is 17.8. The lowest BCUT2D eigenvalue weighted by Gasteiger charge is -2.11. The van der Waals surface area contributed by atoms with Gasteiger partial charge in [-0.2, -0.15) is 0 Å². The van der Waals surface area contributed by atoms with Crippen LogP contribution in [-0.4, -0.2) is 35.9 Å². The fourth-order valence-electron chi connectivity index (χ4n) is 3.10. The number of pyridine rings is 1. The van der Waals surface area contributed by atoms with Crippen LogP contribution in [0.25, 0.3) is 28.1 Å². The molecule has 0 saturated carbocycles. The van der Waals surface area contributed by atoms with E-state index in [9.17, 15) is 4.39 Å². The first-order valence-corrected chi connectivity index (χ1v) is 8.55. The molecule has 0 N–H and O–H groups in total. The molecule has 0 spiro atoms. The molecule has 0 unspecified atom stereocenters. The van der Waals surface area contributed by atoms with Gasteiger partial charge in [0.1, 0.15) is 23.7 Å². The number of ether oxygens (including phenoxy) is 3. The molecule has 0 bridgehead atoms. The molecule has 0 amide bonds. The summed E-state index contributed by atoms with van der Waals surface area (Å²) in [4.78, 5) is 9.16. The SMILES string of the molecule is COc1cc2ncn(-c3cccc(-c4ccc(F)cc4OC)n3)c2cc1OC. The molecule has 6 nitrogen and oxygen atoms in total. The molecule has 0 aliphatic heterocycles. The molecule has 4 aromatic rings. The molecule has 0 atom stereocenters. The van der Waals surface area contributed by atoms with E-state index in [1.54, 1.807) is 26.6 Å². The third kappa shape index (κ3) is 3.00. The van der Waals surface area contributed by atoms with Gasteiger partial charge < -0.3 is 14.2 Å². The summed E-state index contributed by atoms with van der Waals surface area (Å²) in [6.45, 7) is 0. The Morgan fingerprint density at radius 2 is 1.61 bits per heavy atom. The molecule has 7 heteroatoms. The second-order valence-electron chi connectivity index (χ2n) is 6.04. The summed E-state index contributed by atoms with van der Waals surface area (Å²) in [5.41, 5.74) is 2.95. The van der Waals surface area contributed by atoms with Crippen molar-refractivity contribution in [2.45, 2.75) is 0 Å². The van der Waals surface area contributed by atoms with Gasteiger partial charge in [-0.15, -0.1) is 0 Å². The van der Waals surface area contributed by atoms with Gasteiger partial charge in [0, 0.05) is 23.8 Å². The summed E-state index contributed by atoms with van der Waals surface area (Å²) in [6, 6.07) is 13.7. The number of imidazole rings is 1. The Bertz CT molecular complexity index is 1160. The maximum atomic E-state index is 13.5. The molecular formula is C21H18FN3O3. The van der Waals surface area contributed by atoms with Crippen molar-refractivity contribution in [1.29, 1.82) is 0 Å². The van der Waals surface area contributed by atoms with Gasteiger partial charge in [-0.25, -0.2) is 14.4 Å². The largest absolute Gasteiger partial charge is 0.496 e. The van der Waals surface area contributed by atoms with E-state index < -0.39 is 0 Å². The number of hydrogen-bond donors (Lipinski definition) is 0. The van der Waals surface area contributed by atoms with Crippen LogP contribution in [0, 0.1) is 5.82 Å². The Kier molecular flexibility index (Phi) is 4.57. The van der Waals surface area contributed by atoms with Gasteiger partial charge in [-0.3, -0.25) is 4.57 Å². The lowest BCUT2D eigenvalue weighted by Crippen LogP contribution is -1.99. The molecule has 2 heterocycles. The Labute approximate surface area is 161 Å². The monoisotopic (exact) mass is 379 g/mol. The number of aromatic nitrogens is 3. The first-order valence-electron chi connectivity index (χ1n) is 8.55. The van der Waals surface area contributed by atoms with Crippen molar-refractivity contribution < 1.29 is 18.6 Å². The lowest BCUT2D eigenvalue weighted by atomic mass is 10.1. The molecule has 0 saturated heterocycles. The van der Waals surface area contributed by atoms with Gasteiger partial charge in [0.25, 0.3) is 0 Å². The van der Waals surface area contributed by atoms with Crippen LogP contribution < -0.4 is 14.2 Å². The molecule has 2 aromatic heterocycles. The minimum atomic E-state index is -0.363. The fourth-order valence-corrected chi connectivity index (χ4v) is 3.10. The van der Waals surface area contributed by atoms with E-state index in [-0.39, 0.29) is 5.82 Å². The second-order valence-corrected chi connectivity index (χ2v) is 6.04. The maximum absolute atomic E-state index is 13.5. The van der Waals surface area contributed by atoms with Gasteiger partial charge in [-0.1, -0.05) is 6.07 Å². The number of rotatable bonds is 5. The molecule has 0 aliphatic carbocycles. The Balaban J connectivity index is 1.84. The highest BCUT2D eigenvalue weighted by molar-refractivity contribution is 5.81. The van der Waals surface area contributed by atoms with Gasteiger partial charge in [0.05, 0.1) is 38.1 Å². The van der Waals surface area contributed by atoms with Crippen LogP contribution in [0.2, 0.25) is 0 Å². The zero-order valence-corrected chi connectivity index (χ0v) is 15.6. The quantitative estimate of drug-likeness (QED) is 0.519. The van der Waals surface area contributed by atoms with Crippen molar-refractivity contribution >= 4 is 11.0 Å². The minimum Gasteiger partial charge on any atom is -0.496 e. The molecule has 28 heavy (non-hydrogen) atoms. The third-order valence-electron chi connectivity index (χ3n) is 4.47. The first-order chi connectivity index (χ1) is 13.6. The van der Waals surface area contributed by atoms with E-state index in [1.807, 2.05) is 34.9 Å². The van der Waals surface area contributed by atoms with Crippen molar-refractivity contribution in [1.82, 2.24) is 14.5 Å². The summed E-state index contributed by atoms with van der Waals surface area (Å²) in [6.07, 6.45) is 1.69. The van der Waals surface area contributed by atoms with E-state index in [2.05, 4.69) is 4.98 Å². The highest BCUT2D eigenvalue weighted by Gasteiger charge is 2.14. The van der Waals surface area contributed by atoms with Gasteiger partial charge in [0.2, 0.25) is 0 Å². The van der Waals surface area contributed by atoms with Crippen LogP contribution in [0.5, 0.6) is 17.2 Å².